The third-order valence-electron chi connectivity index (χ3n) is 13.6. The molecule has 0 fully saturated rings. The van der Waals surface area contributed by atoms with E-state index in [9.17, 15) is 0 Å². The summed E-state index contributed by atoms with van der Waals surface area (Å²) >= 11 is 0. The van der Waals surface area contributed by atoms with Gasteiger partial charge in [0, 0.05) is 55.4 Å². The highest BCUT2D eigenvalue weighted by Gasteiger charge is 2.24. The van der Waals surface area contributed by atoms with Crippen molar-refractivity contribution in [3.05, 3.63) is 243 Å². The highest BCUT2D eigenvalue weighted by molar-refractivity contribution is 6.11. The van der Waals surface area contributed by atoms with Crippen LogP contribution in [0, 0.1) is 0 Å². The molecule has 68 heavy (non-hydrogen) atoms. The van der Waals surface area contributed by atoms with Gasteiger partial charge in [0.25, 0.3) is 0 Å². The van der Waals surface area contributed by atoms with Crippen LogP contribution in [0.15, 0.2) is 243 Å². The molecule has 10 aromatic carbocycles. The van der Waals surface area contributed by atoms with E-state index in [0.717, 1.165) is 101 Å². The van der Waals surface area contributed by atoms with Crippen LogP contribution >= 0.6 is 0 Å². The SMILES string of the molecule is c1ccc(-n2c(-c3ccc(-c4cc(-n5c6ccccc6c6ccccc65)cc(-n5c6ccccc6c6ccccc65)c4)c(-c4nc5ccccc5n4-c4ccccc4)c3)nc3ccccc32)cc1. The highest BCUT2D eigenvalue weighted by atomic mass is 15.1. The van der Waals surface area contributed by atoms with Gasteiger partial charge in [-0.25, -0.2) is 9.97 Å². The lowest BCUT2D eigenvalue weighted by molar-refractivity contribution is 1.09. The Hall–Kier alpha value is -9.26. The number of hydrogen-bond donors (Lipinski definition) is 0. The largest absolute Gasteiger partial charge is 0.309 e. The van der Waals surface area contributed by atoms with Gasteiger partial charge in [-0.05, 0) is 108 Å². The van der Waals surface area contributed by atoms with E-state index in [1.54, 1.807) is 0 Å². The van der Waals surface area contributed by atoms with Gasteiger partial charge in [-0.2, -0.15) is 0 Å². The molecule has 0 bridgehead atoms. The fourth-order valence-electron chi connectivity index (χ4n) is 10.6. The monoisotopic (exact) mass is 868 g/mol. The van der Waals surface area contributed by atoms with Gasteiger partial charge in [0.1, 0.15) is 11.6 Å². The molecule has 6 nitrogen and oxygen atoms in total. The first-order valence-corrected chi connectivity index (χ1v) is 23.1. The normalized spacial score (nSPS) is 11.8. The van der Waals surface area contributed by atoms with E-state index < -0.39 is 0 Å². The Bertz CT molecular complexity index is 4030. The molecule has 0 spiro atoms. The molecule has 0 aliphatic rings. The van der Waals surface area contributed by atoms with E-state index in [2.05, 4.69) is 261 Å². The van der Waals surface area contributed by atoms with E-state index in [-0.39, 0.29) is 0 Å². The van der Waals surface area contributed by atoms with E-state index in [0.29, 0.717) is 0 Å². The van der Waals surface area contributed by atoms with Crippen LogP contribution in [0.5, 0.6) is 0 Å². The summed E-state index contributed by atoms with van der Waals surface area (Å²) < 4.78 is 9.45. The number of para-hydroxylation sites is 10. The Morgan fingerprint density at radius 1 is 0.235 bits per heavy atom. The highest BCUT2D eigenvalue weighted by Crippen LogP contribution is 2.43. The zero-order valence-corrected chi connectivity index (χ0v) is 36.8. The number of nitrogens with zero attached hydrogens (tertiary/aromatic N) is 6. The van der Waals surface area contributed by atoms with Crippen LogP contribution in [-0.4, -0.2) is 28.2 Å². The van der Waals surface area contributed by atoms with Crippen LogP contribution in [0.1, 0.15) is 0 Å². The predicted molar refractivity (Wildman–Crippen MR) is 281 cm³/mol. The fraction of sp³-hybridized carbons (Fsp3) is 0. The quantitative estimate of drug-likeness (QED) is 0.160. The molecule has 0 saturated carbocycles. The number of rotatable bonds is 7. The van der Waals surface area contributed by atoms with Crippen LogP contribution in [0.4, 0.5) is 0 Å². The summed E-state index contributed by atoms with van der Waals surface area (Å²) in [6.45, 7) is 0. The summed E-state index contributed by atoms with van der Waals surface area (Å²) in [7, 11) is 0. The van der Waals surface area contributed by atoms with Crippen molar-refractivity contribution in [1.82, 2.24) is 28.2 Å². The molecule has 6 heteroatoms. The number of hydrogen-bond acceptors (Lipinski definition) is 2. The molecule has 14 aromatic rings. The van der Waals surface area contributed by atoms with Crippen molar-refractivity contribution in [2.24, 2.45) is 0 Å². The first-order chi connectivity index (χ1) is 33.7. The van der Waals surface area contributed by atoms with E-state index >= 15 is 0 Å². The Labute approximate surface area is 391 Å². The molecule has 0 amide bonds. The van der Waals surface area contributed by atoms with Crippen molar-refractivity contribution >= 4 is 65.7 Å². The molecule has 0 aliphatic carbocycles. The molecule has 318 valence electrons. The molecule has 0 unspecified atom stereocenters. The van der Waals surface area contributed by atoms with Gasteiger partial charge in [-0.3, -0.25) is 9.13 Å². The summed E-state index contributed by atoms with van der Waals surface area (Å²) in [6.07, 6.45) is 0. The molecular formula is C62H40N6. The van der Waals surface area contributed by atoms with Crippen LogP contribution in [0.25, 0.3) is 122 Å². The fourth-order valence-corrected chi connectivity index (χ4v) is 10.6. The molecular weight excluding hydrogens is 829 g/mol. The predicted octanol–water partition coefficient (Wildman–Crippen LogP) is 15.6. The Morgan fingerprint density at radius 2 is 0.618 bits per heavy atom. The topological polar surface area (TPSA) is 45.5 Å². The average Bonchev–Trinajstić information content (AvgIpc) is 4.17. The van der Waals surface area contributed by atoms with E-state index in [4.69, 9.17) is 9.97 Å². The number of aromatic nitrogens is 6. The van der Waals surface area contributed by atoms with Crippen molar-refractivity contribution in [3.8, 4) is 56.7 Å². The maximum Gasteiger partial charge on any atom is 0.146 e. The molecule has 0 N–H and O–H groups in total. The number of fused-ring (bicyclic) bond motifs is 8. The van der Waals surface area contributed by atoms with Crippen molar-refractivity contribution < 1.29 is 0 Å². The zero-order valence-electron chi connectivity index (χ0n) is 36.8. The van der Waals surface area contributed by atoms with Gasteiger partial charge in [-0.15, -0.1) is 0 Å². The molecule has 0 radical (unpaired) electrons. The Kier molecular flexibility index (Phi) is 8.48. The van der Waals surface area contributed by atoms with E-state index in [1.165, 1.54) is 21.5 Å². The van der Waals surface area contributed by atoms with Gasteiger partial charge >= 0.3 is 0 Å². The first-order valence-electron chi connectivity index (χ1n) is 23.1. The summed E-state index contributed by atoms with van der Waals surface area (Å²) in [4.78, 5) is 10.9. The van der Waals surface area contributed by atoms with Gasteiger partial charge < -0.3 is 9.13 Å². The lowest BCUT2D eigenvalue weighted by Gasteiger charge is -2.19. The zero-order chi connectivity index (χ0) is 44.7. The van der Waals surface area contributed by atoms with Crippen molar-refractivity contribution in [2.75, 3.05) is 0 Å². The minimum absolute atomic E-state index is 0.845. The number of imidazole rings is 2. The first kappa shape index (κ1) is 38.1. The second-order valence-electron chi connectivity index (χ2n) is 17.4. The third kappa shape index (κ3) is 5.84. The van der Waals surface area contributed by atoms with Gasteiger partial charge in [0.05, 0.1) is 44.1 Å². The lowest BCUT2D eigenvalue weighted by atomic mass is 9.95. The Morgan fingerprint density at radius 3 is 1.09 bits per heavy atom. The summed E-state index contributed by atoms with van der Waals surface area (Å²) in [5.41, 5.74) is 16.8. The van der Waals surface area contributed by atoms with Crippen LogP contribution < -0.4 is 0 Å². The summed E-state index contributed by atoms with van der Waals surface area (Å²) in [5, 5.41) is 4.87. The Balaban J connectivity index is 1.11. The minimum Gasteiger partial charge on any atom is -0.309 e. The van der Waals surface area contributed by atoms with Gasteiger partial charge in [-0.1, -0.05) is 146 Å². The van der Waals surface area contributed by atoms with Crippen LogP contribution in [0.3, 0.4) is 0 Å². The summed E-state index contributed by atoms with van der Waals surface area (Å²) in [5.74, 6) is 1.70. The van der Waals surface area contributed by atoms with Crippen LogP contribution in [-0.2, 0) is 0 Å². The molecule has 0 saturated heterocycles. The van der Waals surface area contributed by atoms with E-state index in [1.807, 2.05) is 0 Å². The molecule has 0 aliphatic heterocycles. The second kappa shape index (κ2) is 15.2. The molecule has 0 atom stereocenters. The van der Waals surface area contributed by atoms with Crippen molar-refractivity contribution in [3.63, 3.8) is 0 Å². The minimum atomic E-state index is 0.845. The lowest BCUT2D eigenvalue weighted by Crippen LogP contribution is -2.03. The maximum atomic E-state index is 5.54. The smallest absolute Gasteiger partial charge is 0.146 e. The van der Waals surface area contributed by atoms with Gasteiger partial charge in [0.2, 0.25) is 0 Å². The average molecular weight is 869 g/mol. The molecule has 14 rings (SSSR count). The third-order valence-corrected chi connectivity index (χ3v) is 13.6. The molecule has 4 heterocycles. The summed E-state index contributed by atoms with van der Waals surface area (Å²) in [6, 6.07) is 86.9. The molecule has 4 aromatic heterocycles. The number of benzene rings is 10. The maximum absolute atomic E-state index is 5.54. The van der Waals surface area contributed by atoms with Gasteiger partial charge in [0.15, 0.2) is 0 Å². The van der Waals surface area contributed by atoms with Crippen molar-refractivity contribution in [1.29, 1.82) is 0 Å². The van der Waals surface area contributed by atoms with Crippen molar-refractivity contribution in [2.45, 2.75) is 0 Å². The van der Waals surface area contributed by atoms with Crippen LogP contribution in [0.2, 0.25) is 0 Å². The second-order valence-corrected chi connectivity index (χ2v) is 17.4. The standard InChI is InChI=1S/C62H40N6/c1-3-19-43(20-4-1)67-59-33-17-11-27-53(59)63-61(67)41-35-36-47(52(39-41)62-64-54-28-12-18-34-60(54)68(62)44-21-5-2-6-22-44)42-37-45(65-55-29-13-7-23-48(55)49-24-8-14-30-56(49)65)40-46(38-42)66-57-31-15-9-25-50(57)51-26-10-16-32-58(51)66/h1-40H.